The lowest BCUT2D eigenvalue weighted by Gasteiger charge is -2.16. The first-order chi connectivity index (χ1) is 20.1. The first-order valence-corrected chi connectivity index (χ1v) is 14.0. The Morgan fingerprint density at radius 3 is 1.15 bits per heavy atom. The number of rotatable bonds is 3. The Bertz CT molecular complexity index is 2040. The zero-order valence-electron chi connectivity index (χ0n) is 23.3. The topological polar surface area (TPSA) is 35.6 Å². The first kappa shape index (κ1) is 23.6. The third-order valence-corrected chi connectivity index (χ3v) is 8.22. The van der Waals surface area contributed by atoms with Crippen molar-refractivity contribution in [2.75, 3.05) is 0 Å². The molecule has 8 rings (SSSR count). The molecule has 0 unspecified atom stereocenters. The lowest BCUT2D eigenvalue weighted by atomic mass is 9.99. The van der Waals surface area contributed by atoms with Gasteiger partial charge in [0.1, 0.15) is 11.6 Å². The third kappa shape index (κ3) is 3.54. The van der Waals surface area contributed by atoms with Crippen molar-refractivity contribution in [1.82, 2.24) is 19.1 Å². The molecule has 0 radical (unpaired) electrons. The summed E-state index contributed by atoms with van der Waals surface area (Å²) in [5.74, 6) is 2.43. The summed E-state index contributed by atoms with van der Waals surface area (Å²) < 4.78 is 4.57. The second kappa shape index (κ2) is 8.90. The van der Waals surface area contributed by atoms with Crippen molar-refractivity contribution < 1.29 is 0 Å². The zero-order chi connectivity index (χ0) is 27.7. The van der Waals surface area contributed by atoms with E-state index in [0.29, 0.717) is 0 Å². The minimum Gasteiger partial charge on any atom is -0.294 e. The van der Waals surface area contributed by atoms with Crippen LogP contribution in [0.3, 0.4) is 0 Å². The molecule has 4 heteroatoms. The molecule has 0 fully saturated rings. The van der Waals surface area contributed by atoms with Crippen LogP contribution in [-0.2, 0) is 0 Å². The van der Waals surface area contributed by atoms with Gasteiger partial charge in [0, 0.05) is 33.2 Å². The molecule has 0 atom stereocenters. The molecule has 3 heterocycles. The Hall–Kier alpha value is -5.22. The van der Waals surface area contributed by atoms with Crippen molar-refractivity contribution >= 4 is 43.6 Å². The van der Waals surface area contributed by atoms with Crippen molar-refractivity contribution in [2.45, 2.75) is 20.8 Å². The Balaban J connectivity index is 1.53. The van der Waals surface area contributed by atoms with Gasteiger partial charge >= 0.3 is 0 Å². The van der Waals surface area contributed by atoms with Crippen LogP contribution in [0, 0.1) is 20.8 Å². The summed E-state index contributed by atoms with van der Waals surface area (Å²) in [6, 6.07) is 40.9. The van der Waals surface area contributed by atoms with Crippen molar-refractivity contribution in [3.63, 3.8) is 0 Å². The largest absolute Gasteiger partial charge is 0.294 e. The number of benzene rings is 5. The van der Waals surface area contributed by atoms with Crippen molar-refractivity contribution in [2.24, 2.45) is 0 Å². The van der Waals surface area contributed by atoms with Gasteiger partial charge < -0.3 is 0 Å². The van der Waals surface area contributed by atoms with Crippen molar-refractivity contribution in [3.05, 3.63) is 132 Å². The normalized spacial score (nSPS) is 11.8. The van der Waals surface area contributed by atoms with Gasteiger partial charge in [-0.3, -0.25) is 9.13 Å². The van der Waals surface area contributed by atoms with Gasteiger partial charge in [-0.15, -0.1) is 0 Å². The van der Waals surface area contributed by atoms with Crippen LogP contribution in [0.25, 0.3) is 66.6 Å². The summed E-state index contributed by atoms with van der Waals surface area (Å²) in [6.45, 7) is 6.46. The van der Waals surface area contributed by atoms with E-state index in [9.17, 15) is 0 Å². The first-order valence-electron chi connectivity index (χ1n) is 14.0. The summed E-state index contributed by atoms with van der Waals surface area (Å²) >= 11 is 0. The maximum absolute atomic E-state index is 5.31. The van der Waals surface area contributed by atoms with Gasteiger partial charge in [-0.25, -0.2) is 9.97 Å². The molecule has 0 bridgehead atoms. The number of hydrogen-bond donors (Lipinski definition) is 0. The van der Waals surface area contributed by atoms with Gasteiger partial charge in [0.25, 0.3) is 0 Å². The number of nitrogens with zero attached hydrogens (tertiary/aromatic N) is 4. The fraction of sp³-hybridized carbons (Fsp3) is 0.0811. The molecule has 196 valence electrons. The predicted octanol–water partition coefficient (Wildman–Crippen LogP) is 9.26. The van der Waals surface area contributed by atoms with Gasteiger partial charge in [-0.05, 0) is 56.2 Å². The van der Waals surface area contributed by atoms with Crippen LogP contribution in [0.2, 0.25) is 0 Å². The van der Waals surface area contributed by atoms with Crippen LogP contribution in [0.4, 0.5) is 0 Å². The zero-order valence-corrected chi connectivity index (χ0v) is 23.3. The molecular formula is C37H28N4. The number of hydrogen-bond acceptors (Lipinski definition) is 2. The molecule has 41 heavy (non-hydrogen) atoms. The minimum atomic E-state index is 0.733. The van der Waals surface area contributed by atoms with Crippen LogP contribution in [-0.4, -0.2) is 19.1 Å². The van der Waals surface area contributed by atoms with E-state index in [0.717, 1.165) is 45.1 Å². The Morgan fingerprint density at radius 1 is 0.439 bits per heavy atom. The summed E-state index contributed by atoms with van der Waals surface area (Å²) in [5, 5.41) is 4.85. The van der Waals surface area contributed by atoms with Crippen LogP contribution in [0.15, 0.2) is 115 Å². The smallest absolute Gasteiger partial charge is 0.164 e. The Kier molecular flexibility index (Phi) is 5.13. The molecule has 0 saturated carbocycles. The van der Waals surface area contributed by atoms with E-state index in [1.807, 2.05) is 0 Å². The number of aryl methyl sites for hydroxylation is 3. The molecule has 3 aromatic heterocycles. The van der Waals surface area contributed by atoms with Crippen LogP contribution in [0.1, 0.15) is 16.7 Å². The van der Waals surface area contributed by atoms with E-state index >= 15 is 0 Å². The van der Waals surface area contributed by atoms with E-state index in [4.69, 9.17) is 9.97 Å². The van der Waals surface area contributed by atoms with Gasteiger partial charge in [0.2, 0.25) is 0 Å². The summed E-state index contributed by atoms with van der Waals surface area (Å²) in [4.78, 5) is 10.6. The molecule has 8 aromatic rings. The summed E-state index contributed by atoms with van der Waals surface area (Å²) in [6.07, 6.45) is 0. The molecule has 0 aliphatic carbocycles. The van der Waals surface area contributed by atoms with Gasteiger partial charge in [0.05, 0.1) is 22.1 Å². The highest BCUT2D eigenvalue weighted by Gasteiger charge is 2.20. The summed E-state index contributed by atoms with van der Waals surface area (Å²) in [5.41, 5.74) is 9.19. The van der Waals surface area contributed by atoms with Gasteiger partial charge in [-0.2, -0.15) is 0 Å². The predicted molar refractivity (Wildman–Crippen MR) is 170 cm³/mol. The van der Waals surface area contributed by atoms with Crippen LogP contribution < -0.4 is 0 Å². The SMILES string of the molecule is Cc1cc(C)c(-c2nc(-n3c4ccccc4c4ccccc43)cc(-n3c4ccccc4c4ccccc43)n2)c(C)c1. The van der Waals surface area contributed by atoms with E-state index in [1.54, 1.807) is 0 Å². The maximum atomic E-state index is 5.31. The third-order valence-electron chi connectivity index (χ3n) is 8.22. The minimum absolute atomic E-state index is 0.733. The lowest BCUT2D eigenvalue weighted by Crippen LogP contribution is -2.07. The van der Waals surface area contributed by atoms with E-state index in [1.165, 1.54) is 38.2 Å². The second-order valence-electron chi connectivity index (χ2n) is 10.9. The van der Waals surface area contributed by atoms with Gasteiger partial charge in [0.15, 0.2) is 5.82 Å². The highest BCUT2D eigenvalue weighted by atomic mass is 15.1. The molecule has 0 aliphatic heterocycles. The van der Waals surface area contributed by atoms with Crippen molar-refractivity contribution in [1.29, 1.82) is 0 Å². The lowest BCUT2D eigenvalue weighted by molar-refractivity contribution is 0.990. The fourth-order valence-corrected chi connectivity index (χ4v) is 6.63. The van der Waals surface area contributed by atoms with Gasteiger partial charge in [-0.1, -0.05) is 90.5 Å². The molecule has 0 spiro atoms. The summed E-state index contributed by atoms with van der Waals surface area (Å²) in [7, 11) is 0. The fourth-order valence-electron chi connectivity index (χ4n) is 6.63. The number of para-hydroxylation sites is 4. The number of fused-ring (bicyclic) bond motifs is 6. The van der Waals surface area contributed by atoms with E-state index in [2.05, 4.69) is 145 Å². The Labute approximate surface area is 238 Å². The van der Waals surface area contributed by atoms with Crippen LogP contribution in [0.5, 0.6) is 0 Å². The standard InChI is InChI=1S/C37H28N4/c1-23-20-24(2)36(25(3)21-23)37-38-34(40-30-16-8-4-12-26(30)27-13-5-9-17-31(27)40)22-35(39-37)41-32-18-10-6-14-28(32)29-15-7-11-19-33(29)41/h4-22H,1-3H3. The van der Waals surface area contributed by atoms with E-state index < -0.39 is 0 Å². The van der Waals surface area contributed by atoms with Crippen molar-refractivity contribution in [3.8, 4) is 23.0 Å². The molecule has 5 aromatic carbocycles. The van der Waals surface area contributed by atoms with Crippen LogP contribution >= 0.6 is 0 Å². The number of aromatic nitrogens is 4. The highest BCUT2D eigenvalue weighted by molar-refractivity contribution is 6.10. The Morgan fingerprint density at radius 2 is 0.780 bits per heavy atom. The molecule has 4 nitrogen and oxygen atoms in total. The quantitative estimate of drug-likeness (QED) is 0.229. The maximum Gasteiger partial charge on any atom is 0.164 e. The average molecular weight is 529 g/mol. The monoisotopic (exact) mass is 528 g/mol. The van der Waals surface area contributed by atoms with E-state index in [-0.39, 0.29) is 0 Å². The second-order valence-corrected chi connectivity index (χ2v) is 10.9. The molecule has 0 N–H and O–H groups in total. The molecular weight excluding hydrogens is 500 g/mol. The average Bonchev–Trinajstić information content (AvgIpc) is 3.50. The molecule has 0 saturated heterocycles. The highest BCUT2D eigenvalue weighted by Crippen LogP contribution is 2.36. The molecule has 0 amide bonds. The molecule has 0 aliphatic rings.